The molecule has 1 atom stereocenters. The summed E-state index contributed by atoms with van der Waals surface area (Å²) in [6.07, 6.45) is 1.97. The fraction of sp³-hybridized carbons (Fsp3) is 0.500. The zero-order chi connectivity index (χ0) is 12.7. The molecule has 1 fully saturated rings. The van der Waals surface area contributed by atoms with E-state index in [-0.39, 0.29) is 11.8 Å². The van der Waals surface area contributed by atoms with Crippen LogP contribution < -0.4 is 5.32 Å². The van der Waals surface area contributed by atoms with Crippen molar-refractivity contribution < 1.29 is 4.79 Å². The summed E-state index contributed by atoms with van der Waals surface area (Å²) in [5.41, 5.74) is 2.80. The second kappa shape index (κ2) is 4.81. The molecule has 0 saturated carbocycles. The number of hydrogen-bond donors (Lipinski definition) is 1. The van der Waals surface area contributed by atoms with Crippen molar-refractivity contribution in [3.05, 3.63) is 32.9 Å². The minimum absolute atomic E-state index is 0.207. The van der Waals surface area contributed by atoms with Gasteiger partial charge in [0.25, 0.3) is 0 Å². The van der Waals surface area contributed by atoms with E-state index in [1.807, 2.05) is 0 Å². The van der Waals surface area contributed by atoms with Crippen molar-refractivity contribution in [3.8, 4) is 0 Å². The van der Waals surface area contributed by atoms with Crippen molar-refractivity contribution in [2.45, 2.75) is 18.9 Å². The number of nitrogens with zero attached hydrogens (tertiary/aromatic N) is 1. The van der Waals surface area contributed by atoms with E-state index < -0.39 is 0 Å². The smallest absolute Gasteiger partial charge is 0.225 e. The van der Waals surface area contributed by atoms with Crippen LogP contribution in [-0.4, -0.2) is 37.0 Å². The molecule has 3 nitrogen and oxygen atoms in total. The SMILES string of the molecule is CN1CC(C(=O)NC2Cc3ccc(I)cc3C2)C1. The summed E-state index contributed by atoms with van der Waals surface area (Å²) < 4.78 is 1.28. The predicted octanol–water partition coefficient (Wildman–Crippen LogP) is 1.44. The molecule has 1 N–H and O–H groups in total. The van der Waals surface area contributed by atoms with Crippen LogP contribution in [-0.2, 0) is 17.6 Å². The number of amides is 1. The average molecular weight is 356 g/mol. The lowest BCUT2D eigenvalue weighted by Crippen LogP contribution is -2.53. The maximum absolute atomic E-state index is 12.0. The number of likely N-dealkylation sites (tertiary alicyclic amines) is 1. The summed E-state index contributed by atoms with van der Waals surface area (Å²) in [5, 5.41) is 3.20. The van der Waals surface area contributed by atoms with Gasteiger partial charge in [0.1, 0.15) is 0 Å². The number of fused-ring (bicyclic) bond motifs is 1. The second-order valence-electron chi connectivity index (χ2n) is 5.44. The molecule has 0 aromatic heterocycles. The molecule has 0 bridgehead atoms. The number of benzene rings is 1. The van der Waals surface area contributed by atoms with Gasteiger partial charge in [-0.2, -0.15) is 0 Å². The van der Waals surface area contributed by atoms with Gasteiger partial charge in [0.2, 0.25) is 5.91 Å². The van der Waals surface area contributed by atoms with Crippen LogP contribution >= 0.6 is 22.6 Å². The largest absolute Gasteiger partial charge is 0.352 e. The van der Waals surface area contributed by atoms with Crippen LogP contribution in [0.3, 0.4) is 0 Å². The summed E-state index contributed by atoms with van der Waals surface area (Å²) in [6.45, 7) is 1.81. The first kappa shape index (κ1) is 12.4. The Kier molecular flexibility index (Phi) is 3.32. The molecule has 3 rings (SSSR count). The zero-order valence-corrected chi connectivity index (χ0v) is 12.6. The number of hydrogen-bond acceptors (Lipinski definition) is 2. The van der Waals surface area contributed by atoms with Gasteiger partial charge in [-0.3, -0.25) is 4.79 Å². The van der Waals surface area contributed by atoms with Crippen LogP contribution in [0.2, 0.25) is 0 Å². The second-order valence-corrected chi connectivity index (χ2v) is 6.69. The first-order valence-electron chi connectivity index (χ1n) is 6.38. The number of nitrogens with one attached hydrogen (secondary N) is 1. The molecule has 0 spiro atoms. The normalized spacial score (nSPS) is 23.6. The van der Waals surface area contributed by atoms with Crippen molar-refractivity contribution >= 4 is 28.5 Å². The molecule has 18 heavy (non-hydrogen) atoms. The van der Waals surface area contributed by atoms with Crippen molar-refractivity contribution in [2.24, 2.45) is 5.92 Å². The first-order valence-corrected chi connectivity index (χ1v) is 7.46. The van der Waals surface area contributed by atoms with E-state index in [0.717, 1.165) is 25.9 Å². The molecule has 1 aliphatic carbocycles. The van der Waals surface area contributed by atoms with E-state index in [4.69, 9.17) is 0 Å². The Morgan fingerprint density at radius 3 is 2.78 bits per heavy atom. The first-order chi connectivity index (χ1) is 8.61. The van der Waals surface area contributed by atoms with Crippen LogP contribution in [0, 0.1) is 9.49 Å². The van der Waals surface area contributed by atoms with Crippen LogP contribution in [0.1, 0.15) is 11.1 Å². The quantitative estimate of drug-likeness (QED) is 0.814. The van der Waals surface area contributed by atoms with Crippen LogP contribution in [0.5, 0.6) is 0 Å². The van der Waals surface area contributed by atoms with E-state index >= 15 is 0 Å². The van der Waals surface area contributed by atoms with Crippen molar-refractivity contribution in [2.75, 3.05) is 20.1 Å². The molecule has 1 aromatic rings. The highest BCUT2D eigenvalue weighted by atomic mass is 127. The molecule has 96 valence electrons. The summed E-state index contributed by atoms with van der Waals surface area (Å²) in [4.78, 5) is 14.2. The van der Waals surface area contributed by atoms with Gasteiger partial charge in [0.05, 0.1) is 5.92 Å². The molecule has 2 aliphatic rings. The molecule has 1 unspecified atom stereocenters. The third-order valence-corrected chi connectivity index (χ3v) is 4.55. The third kappa shape index (κ3) is 2.40. The molecule has 1 aliphatic heterocycles. The highest BCUT2D eigenvalue weighted by Crippen LogP contribution is 2.24. The zero-order valence-electron chi connectivity index (χ0n) is 10.4. The highest BCUT2D eigenvalue weighted by molar-refractivity contribution is 14.1. The summed E-state index contributed by atoms with van der Waals surface area (Å²) in [6, 6.07) is 6.88. The number of rotatable bonds is 2. The number of carbonyl (C=O) groups excluding carboxylic acids is 1. The highest BCUT2D eigenvalue weighted by Gasteiger charge is 2.32. The Bertz CT molecular complexity index is 483. The van der Waals surface area contributed by atoms with Crippen LogP contribution in [0.25, 0.3) is 0 Å². The Balaban J connectivity index is 1.59. The Morgan fingerprint density at radius 1 is 1.33 bits per heavy atom. The summed E-state index contributed by atoms with van der Waals surface area (Å²) in [5.74, 6) is 0.444. The van der Waals surface area contributed by atoms with Gasteiger partial charge in [-0.05, 0) is 65.7 Å². The predicted molar refractivity (Wildman–Crippen MR) is 79.5 cm³/mol. The van der Waals surface area contributed by atoms with Gasteiger partial charge in [-0.15, -0.1) is 0 Å². The number of halogens is 1. The molecule has 1 amide bonds. The van der Waals surface area contributed by atoms with Gasteiger partial charge in [0.15, 0.2) is 0 Å². The lowest BCUT2D eigenvalue weighted by Gasteiger charge is -2.35. The topological polar surface area (TPSA) is 32.3 Å². The maximum atomic E-state index is 12.0. The Hall–Kier alpha value is -0.620. The molecule has 4 heteroatoms. The third-order valence-electron chi connectivity index (χ3n) is 3.88. The molecule has 1 saturated heterocycles. The minimum Gasteiger partial charge on any atom is -0.352 e. The molecule has 1 aromatic carbocycles. The minimum atomic E-state index is 0.207. The molecule has 1 heterocycles. The van der Waals surface area contributed by atoms with E-state index in [2.05, 4.69) is 58.1 Å². The van der Waals surface area contributed by atoms with E-state index in [0.29, 0.717) is 6.04 Å². The average Bonchev–Trinajstić information content (AvgIpc) is 2.66. The molecular weight excluding hydrogens is 339 g/mol. The Labute approximate surface area is 121 Å². The standard InChI is InChI=1S/C14H17IN2O/c1-17-7-11(8-17)14(18)16-13-5-9-2-3-12(15)4-10(9)6-13/h2-4,11,13H,5-8H2,1H3,(H,16,18). The monoisotopic (exact) mass is 356 g/mol. The van der Waals surface area contributed by atoms with Gasteiger partial charge in [-0.1, -0.05) is 6.07 Å². The fourth-order valence-electron chi connectivity index (χ4n) is 2.87. The molecule has 0 radical (unpaired) electrons. The van der Waals surface area contributed by atoms with Crippen molar-refractivity contribution in [1.82, 2.24) is 10.2 Å². The van der Waals surface area contributed by atoms with E-state index in [1.54, 1.807) is 0 Å². The summed E-state index contributed by atoms with van der Waals surface area (Å²) >= 11 is 2.34. The fourth-order valence-corrected chi connectivity index (χ4v) is 3.43. The Morgan fingerprint density at radius 2 is 2.06 bits per heavy atom. The van der Waals surface area contributed by atoms with E-state index in [9.17, 15) is 4.79 Å². The lowest BCUT2D eigenvalue weighted by atomic mass is 9.99. The van der Waals surface area contributed by atoms with Gasteiger partial charge in [-0.25, -0.2) is 0 Å². The van der Waals surface area contributed by atoms with Gasteiger partial charge in [0, 0.05) is 22.7 Å². The lowest BCUT2D eigenvalue weighted by molar-refractivity contribution is -0.130. The van der Waals surface area contributed by atoms with Gasteiger partial charge >= 0.3 is 0 Å². The van der Waals surface area contributed by atoms with Crippen LogP contribution in [0.15, 0.2) is 18.2 Å². The molecular formula is C14H17IN2O. The summed E-state index contributed by atoms with van der Waals surface area (Å²) in [7, 11) is 2.05. The van der Waals surface area contributed by atoms with Gasteiger partial charge < -0.3 is 10.2 Å². The van der Waals surface area contributed by atoms with Crippen molar-refractivity contribution in [3.63, 3.8) is 0 Å². The number of carbonyl (C=O) groups is 1. The van der Waals surface area contributed by atoms with Crippen LogP contribution in [0.4, 0.5) is 0 Å². The van der Waals surface area contributed by atoms with Crippen molar-refractivity contribution in [1.29, 1.82) is 0 Å². The van der Waals surface area contributed by atoms with E-state index in [1.165, 1.54) is 14.7 Å². The maximum Gasteiger partial charge on any atom is 0.225 e.